The Balaban J connectivity index is 1.82. The summed E-state index contributed by atoms with van der Waals surface area (Å²) in [5.74, 6) is 0.760. The smallest absolute Gasteiger partial charge is 0.315 e. The Morgan fingerprint density at radius 3 is 3.06 bits per heavy atom. The van der Waals surface area contributed by atoms with E-state index in [-0.39, 0.29) is 5.97 Å². The van der Waals surface area contributed by atoms with Gasteiger partial charge in [-0.3, -0.25) is 4.79 Å². The molecular weight excluding hydrogens is 226 g/mol. The van der Waals surface area contributed by atoms with Crippen molar-refractivity contribution in [3.63, 3.8) is 0 Å². The first-order valence-electron chi connectivity index (χ1n) is 6.85. The van der Waals surface area contributed by atoms with Crippen LogP contribution in [-0.2, 0) is 24.1 Å². The van der Waals surface area contributed by atoms with Gasteiger partial charge in [-0.25, -0.2) is 0 Å². The minimum atomic E-state index is -0.107. The fourth-order valence-corrected chi connectivity index (χ4v) is 2.96. The molecule has 0 fully saturated rings. The predicted molar refractivity (Wildman–Crippen MR) is 69.9 cm³/mol. The molecule has 0 spiro atoms. The molecule has 1 atom stereocenters. The van der Waals surface area contributed by atoms with Crippen molar-refractivity contribution >= 4 is 5.97 Å². The fraction of sp³-hybridized carbons (Fsp3) is 0.533. The summed E-state index contributed by atoms with van der Waals surface area (Å²) in [6, 6.07) is 4.81. The second-order valence-electron chi connectivity index (χ2n) is 5.24. The van der Waals surface area contributed by atoms with Crippen LogP contribution in [0.15, 0.2) is 12.1 Å². The van der Waals surface area contributed by atoms with Crippen LogP contribution in [0.25, 0.3) is 0 Å². The van der Waals surface area contributed by atoms with E-state index in [0.717, 1.165) is 37.1 Å². The van der Waals surface area contributed by atoms with Crippen molar-refractivity contribution in [2.75, 3.05) is 6.54 Å². The van der Waals surface area contributed by atoms with Crippen LogP contribution in [0.4, 0.5) is 0 Å². The third kappa shape index (κ3) is 2.03. The van der Waals surface area contributed by atoms with Crippen molar-refractivity contribution in [2.45, 2.75) is 45.1 Å². The Bertz CT molecular complexity index is 482. The lowest BCUT2D eigenvalue weighted by Crippen LogP contribution is -2.35. The Morgan fingerprint density at radius 1 is 1.39 bits per heavy atom. The van der Waals surface area contributed by atoms with Gasteiger partial charge in [-0.1, -0.05) is 19.1 Å². The third-order valence-corrected chi connectivity index (χ3v) is 3.88. The lowest BCUT2D eigenvalue weighted by Gasteiger charge is -2.26. The van der Waals surface area contributed by atoms with E-state index in [9.17, 15) is 4.79 Å². The predicted octanol–water partition coefficient (Wildman–Crippen LogP) is 2.00. The molecule has 3 nitrogen and oxygen atoms in total. The number of fused-ring (bicyclic) bond motifs is 3. The molecule has 0 saturated carbocycles. The summed E-state index contributed by atoms with van der Waals surface area (Å²) >= 11 is 0. The molecule has 3 heteroatoms. The molecule has 0 bridgehead atoms. The van der Waals surface area contributed by atoms with Gasteiger partial charge < -0.3 is 10.1 Å². The van der Waals surface area contributed by atoms with E-state index in [1.54, 1.807) is 0 Å². The van der Waals surface area contributed by atoms with Crippen molar-refractivity contribution in [1.82, 2.24) is 5.32 Å². The first-order chi connectivity index (χ1) is 8.78. The van der Waals surface area contributed by atoms with E-state index in [1.807, 2.05) is 0 Å². The lowest BCUT2D eigenvalue weighted by molar-refractivity contribution is -0.131. The van der Waals surface area contributed by atoms with E-state index in [1.165, 1.54) is 17.5 Å². The standard InChI is InChI=1S/C15H19NO2/c1-2-7-16-12-5-6-13-10(8-12)3-4-11-9-14(17)18-15(11)13/h3-4,12,16H,2,5-9H2,1H3. The van der Waals surface area contributed by atoms with Crippen LogP contribution < -0.4 is 10.1 Å². The summed E-state index contributed by atoms with van der Waals surface area (Å²) in [6.45, 7) is 3.27. The highest BCUT2D eigenvalue weighted by molar-refractivity contribution is 5.82. The normalized spacial score (nSPS) is 21.4. The molecule has 1 aliphatic heterocycles. The summed E-state index contributed by atoms with van der Waals surface area (Å²) in [4.78, 5) is 11.4. The Kier molecular flexibility index (Phi) is 3.08. The Morgan fingerprint density at radius 2 is 2.22 bits per heavy atom. The average Bonchev–Trinajstić information content (AvgIpc) is 2.76. The van der Waals surface area contributed by atoms with Crippen molar-refractivity contribution < 1.29 is 9.53 Å². The quantitative estimate of drug-likeness (QED) is 0.654. The van der Waals surface area contributed by atoms with Crippen molar-refractivity contribution in [2.24, 2.45) is 0 Å². The number of ether oxygens (including phenoxy) is 1. The fourth-order valence-electron chi connectivity index (χ4n) is 2.96. The summed E-state index contributed by atoms with van der Waals surface area (Å²) in [6.07, 6.45) is 4.83. The highest BCUT2D eigenvalue weighted by Crippen LogP contribution is 2.36. The molecule has 18 heavy (non-hydrogen) atoms. The SMILES string of the molecule is CCCNC1CCc2c(ccc3c2OC(=O)C3)C1. The molecule has 0 radical (unpaired) electrons. The van der Waals surface area contributed by atoms with Crippen LogP contribution >= 0.6 is 0 Å². The molecule has 96 valence electrons. The number of hydrogen-bond acceptors (Lipinski definition) is 3. The zero-order chi connectivity index (χ0) is 12.5. The number of carbonyl (C=O) groups is 1. The summed E-state index contributed by atoms with van der Waals surface area (Å²) < 4.78 is 5.36. The van der Waals surface area contributed by atoms with E-state index >= 15 is 0 Å². The maximum absolute atomic E-state index is 11.4. The topological polar surface area (TPSA) is 38.3 Å². The number of rotatable bonds is 3. The second-order valence-corrected chi connectivity index (χ2v) is 5.24. The van der Waals surface area contributed by atoms with Crippen molar-refractivity contribution in [3.8, 4) is 5.75 Å². The van der Waals surface area contributed by atoms with Crippen LogP contribution in [0.2, 0.25) is 0 Å². The van der Waals surface area contributed by atoms with Gasteiger partial charge in [0.2, 0.25) is 0 Å². The number of esters is 1. The summed E-state index contributed by atoms with van der Waals surface area (Å²) in [7, 11) is 0. The van der Waals surface area contributed by atoms with Crippen molar-refractivity contribution in [1.29, 1.82) is 0 Å². The van der Waals surface area contributed by atoms with Crippen LogP contribution in [0.5, 0.6) is 5.75 Å². The van der Waals surface area contributed by atoms with Gasteiger partial charge >= 0.3 is 5.97 Å². The molecule has 1 heterocycles. The number of nitrogens with one attached hydrogen (secondary N) is 1. The lowest BCUT2D eigenvalue weighted by atomic mass is 9.86. The van der Waals surface area contributed by atoms with Gasteiger partial charge in [0.1, 0.15) is 5.75 Å². The molecule has 1 unspecified atom stereocenters. The maximum Gasteiger partial charge on any atom is 0.315 e. The molecule has 1 aromatic rings. The largest absolute Gasteiger partial charge is 0.426 e. The van der Waals surface area contributed by atoms with Crippen LogP contribution in [0, 0.1) is 0 Å². The van der Waals surface area contributed by atoms with Gasteiger partial charge in [0, 0.05) is 11.6 Å². The first-order valence-corrected chi connectivity index (χ1v) is 6.85. The molecule has 1 N–H and O–H groups in total. The Labute approximate surface area is 108 Å². The Hall–Kier alpha value is -1.35. The van der Waals surface area contributed by atoms with E-state index in [0.29, 0.717) is 12.5 Å². The molecule has 0 amide bonds. The monoisotopic (exact) mass is 245 g/mol. The van der Waals surface area contributed by atoms with E-state index in [4.69, 9.17) is 4.74 Å². The van der Waals surface area contributed by atoms with Gasteiger partial charge in [-0.15, -0.1) is 0 Å². The van der Waals surface area contributed by atoms with E-state index in [2.05, 4.69) is 24.4 Å². The number of hydrogen-bond donors (Lipinski definition) is 1. The summed E-state index contributed by atoms with van der Waals surface area (Å²) in [5.41, 5.74) is 3.69. The molecular formula is C15H19NO2. The molecule has 3 rings (SSSR count). The number of carbonyl (C=O) groups excluding carboxylic acids is 1. The zero-order valence-electron chi connectivity index (χ0n) is 10.8. The van der Waals surface area contributed by atoms with Gasteiger partial charge in [0.05, 0.1) is 6.42 Å². The van der Waals surface area contributed by atoms with Gasteiger partial charge in [-0.2, -0.15) is 0 Å². The summed E-state index contributed by atoms with van der Waals surface area (Å²) in [5, 5.41) is 3.58. The first kappa shape index (κ1) is 11.7. The zero-order valence-corrected chi connectivity index (χ0v) is 10.8. The van der Waals surface area contributed by atoms with Crippen LogP contribution in [0.1, 0.15) is 36.5 Å². The minimum Gasteiger partial charge on any atom is -0.426 e. The maximum atomic E-state index is 11.4. The second kappa shape index (κ2) is 4.73. The van der Waals surface area contributed by atoms with Crippen LogP contribution in [0.3, 0.4) is 0 Å². The molecule has 0 saturated heterocycles. The van der Waals surface area contributed by atoms with Crippen LogP contribution in [-0.4, -0.2) is 18.6 Å². The van der Waals surface area contributed by atoms with Gasteiger partial charge in [0.25, 0.3) is 0 Å². The molecule has 1 aromatic carbocycles. The molecule has 1 aliphatic carbocycles. The highest BCUT2D eigenvalue weighted by atomic mass is 16.5. The van der Waals surface area contributed by atoms with E-state index < -0.39 is 0 Å². The van der Waals surface area contributed by atoms with Gasteiger partial charge in [-0.05, 0) is 43.4 Å². The average molecular weight is 245 g/mol. The van der Waals surface area contributed by atoms with Crippen molar-refractivity contribution in [3.05, 3.63) is 28.8 Å². The number of benzene rings is 1. The molecule has 2 aliphatic rings. The minimum absolute atomic E-state index is 0.107. The third-order valence-electron chi connectivity index (χ3n) is 3.88. The molecule has 0 aromatic heterocycles. The highest BCUT2D eigenvalue weighted by Gasteiger charge is 2.28. The van der Waals surface area contributed by atoms with Gasteiger partial charge in [0.15, 0.2) is 0 Å².